The molecule has 0 bridgehead atoms. The van der Waals surface area contributed by atoms with Crippen molar-refractivity contribution in [2.45, 2.75) is 45.4 Å². The summed E-state index contributed by atoms with van der Waals surface area (Å²) in [5.41, 5.74) is -0.539. The minimum absolute atomic E-state index is 0.383. The molecular weight excluding hydrogens is 253 g/mol. The van der Waals surface area contributed by atoms with Crippen molar-refractivity contribution in [3.63, 3.8) is 0 Å². The molecule has 1 fully saturated rings. The molecular formula is C13H22FNO4. The molecule has 0 saturated carbocycles. The molecule has 6 heteroatoms. The molecule has 0 aromatic rings. The fraction of sp³-hybridized carbons (Fsp3) is 0.846. The molecule has 0 aromatic carbocycles. The van der Waals surface area contributed by atoms with E-state index in [1.54, 1.807) is 25.7 Å². The van der Waals surface area contributed by atoms with Gasteiger partial charge in [-0.25, -0.2) is 14.0 Å². The highest BCUT2D eigenvalue weighted by Crippen LogP contribution is 2.24. The number of carbonyl (C=O) groups is 2. The van der Waals surface area contributed by atoms with Crippen molar-refractivity contribution >= 4 is 12.1 Å². The number of amides is 1. The van der Waals surface area contributed by atoms with Gasteiger partial charge in [-0.2, -0.15) is 0 Å². The zero-order valence-electron chi connectivity index (χ0n) is 11.9. The molecule has 1 saturated heterocycles. The maximum atomic E-state index is 13.7. The van der Waals surface area contributed by atoms with Crippen molar-refractivity contribution in [1.82, 2.24) is 4.90 Å². The van der Waals surface area contributed by atoms with E-state index in [0.717, 1.165) is 0 Å². The summed E-state index contributed by atoms with van der Waals surface area (Å²) in [6.07, 6.45) is -1.12. The zero-order valence-corrected chi connectivity index (χ0v) is 11.9. The van der Waals surface area contributed by atoms with Crippen LogP contribution < -0.4 is 0 Å². The molecule has 1 amide bonds. The molecule has 1 heterocycles. The molecule has 0 N–H and O–H groups in total. The van der Waals surface area contributed by atoms with Crippen LogP contribution in [0.15, 0.2) is 0 Å². The molecule has 1 aliphatic rings. The number of esters is 1. The van der Waals surface area contributed by atoms with Gasteiger partial charge in [-0.1, -0.05) is 0 Å². The van der Waals surface area contributed by atoms with Crippen LogP contribution in [-0.2, 0) is 14.3 Å². The summed E-state index contributed by atoms with van der Waals surface area (Å²) in [6.45, 7) is 6.19. The van der Waals surface area contributed by atoms with Crippen LogP contribution in [0.4, 0.5) is 9.18 Å². The molecule has 110 valence electrons. The van der Waals surface area contributed by atoms with Crippen molar-refractivity contribution in [2.24, 2.45) is 5.92 Å². The highest BCUT2D eigenvalue weighted by atomic mass is 19.1. The molecule has 0 aromatic heterocycles. The van der Waals surface area contributed by atoms with Crippen molar-refractivity contribution in [3.8, 4) is 0 Å². The van der Waals surface area contributed by atoms with Gasteiger partial charge in [0.1, 0.15) is 5.60 Å². The van der Waals surface area contributed by atoms with Gasteiger partial charge >= 0.3 is 12.1 Å². The second kappa shape index (κ2) is 6.21. The van der Waals surface area contributed by atoms with Crippen molar-refractivity contribution in [2.75, 3.05) is 20.2 Å². The average molecular weight is 275 g/mol. The summed E-state index contributed by atoms with van der Waals surface area (Å²) in [6, 6.07) is 0. The SMILES string of the molecule is COC(=O)C(F)C1CCN(C(=O)OC(C)(C)C)CC1. The first kappa shape index (κ1) is 15.7. The smallest absolute Gasteiger partial charge is 0.410 e. The number of likely N-dealkylation sites (tertiary alicyclic amines) is 1. The Bertz CT molecular complexity index is 332. The molecule has 1 unspecified atom stereocenters. The van der Waals surface area contributed by atoms with Gasteiger partial charge in [-0.05, 0) is 33.6 Å². The summed E-state index contributed by atoms with van der Waals surface area (Å²) >= 11 is 0. The van der Waals surface area contributed by atoms with Crippen LogP contribution in [0.1, 0.15) is 33.6 Å². The maximum Gasteiger partial charge on any atom is 0.410 e. The second-order valence-corrected chi connectivity index (χ2v) is 5.73. The lowest BCUT2D eigenvalue weighted by molar-refractivity contribution is -0.149. The normalized spacial score (nSPS) is 18.9. The predicted octanol–water partition coefficient (Wildman–Crippen LogP) is 2.14. The molecule has 5 nitrogen and oxygen atoms in total. The predicted molar refractivity (Wildman–Crippen MR) is 67.4 cm³/mol. The van der Waals surface area contributed by atoms with Crippen LogP contribution in [0, 0.1) is 5.92 Å². The van der Waals surface area contributed by atoms with E-state index >= 15 is 0 Å². The number of carbonyl (C=O) groups excluding carboxylic acids is 2. The first-order valence-electron chi connectivity index (χ1n) is 6.44. The highest BCUT2D eigenvalue weighted by molar-refractivity contribution is 5.74. The Labute approximate surface area is 113 Å². The Morgan fingerprint density at radius 3 is 2.21 bits per heavy atom. The summed E-state index contributed by atoms with van der Waals surface area (Å²) in [4.78, 5) is 24.5. The van der Waals surface area contributed by atoms with Crippen LogP contribution in [0.3, 0.4) is 0 Å². The van der Waals surface area contributed by atoms with E-state index in [-0.39, 0.29) is 12.0 Å². The van der Waals surface area contributed by atoms with E-state index in [9.17, 15) is 14.0 Å². The van der Waals surface area contributed by atoms with Gasteiger partial charge in [0.15, 0.2) is 6.17 Å². The van der Waals surface area contributed by atoms with Crippen molar-refractivity contribution in [3.05, 3.63) is 0 Å². The fourth-order valence-electron chi connectivity index (χ4n) is 2.01. The quantitative estimate of drug-likeness (QED) is 0.725. The summed E-state index contributed by atoms with van der Waals surface area (Å²) in [5.74, 6) is -1.22. The topological polar surface area (TPSA) is 55.8 Å². The Morgan fingerprint density at radius 2 is 1.79 bits per heavy atom. The number of nitrogens with zero attached hydrogens (tertiary/aromatic N) is 1. The van der Waals surface area contributed by atoms with E-state index < -0.39 is 17.7 Å². The number of hydrogen-bond acceptors (Lipinski definition) is 4. The molecule has 19 heavy (non-hydrogen) atoms. The molecule has 1 atom stereocenters. The number of rotatable bonds is 2. The van der Waals surface area contributed by atoms with Crippen LogP contribution in [-0.4, -0.2) is 48.9 Å². The van der Waals surface area contributed by atoms with Crippen LogP contribution >= 0.6 is 0 Å². The largest absolute Gasteiger partial charge is 0.467 e. The summed E-state index contributed by atoms with van der Waals surface area (Å²) in [5, 5.41) is 0. The van der Waals surface area contributed by atoms with Gasteiger partial charge in [0.2, 0.25) is 0 Å². The van der Waals surface area contributed by atoms with Gasteiger partial charge in [0.05, 0.1) is 7.11 Å². The zero-order chi connectivity index (χ0) is 14.6. The van der Waals surface area contributed by atoms with Crippen LogP contribution in [0.5, 0.6) is 0 Å². The van der Waals surface area contributed by atoms with Gasteiger partial charge in [-0.3, -0.25) is 0 Å². The van der Waals surface area contributed by atoms with Gasteiger partial charge in [-0.15, -0.1) is 0 Å². The monoisotopic (exact) mass is 275 g/mol. The number of hydrogen-bond donors (Lipinski definition) is 0. The number of ether oxygens (including phenoxy) is 2. The van der Waals surface area contributed by atoms with Gasteiger partial charge < -0.3 is 14.4 Å². The van der Waals surface area contributed by atoms with E-state index in [0.29, 0.717) is 25.9 Å². The Balaban J connectivity index is 2.45. The van der Waals surface area contributed by atoms with Crippen LogP contribution in [0.25, 0.3) is 0 Å². The van der Waals surface area contributed by atoms with Gasteiger partial charge in [0, 0.05) is 19.0 Å². The first-order chi connectivity index (χ1) is 8.74. The van der Waals surface area contributed by atoms with E-state index in [1.807, 2.05) is 0 Å². The summed E-state index contributed by atoms with van der Waals surface area (Å²) < 4.78 is 23.3. The van der Waals surface area contributed by atoms with E-state index in [2.05, 4.69) is 4.74 Å². The number of piperidine rings is 1. The first-order valence-corrected chi connectivity index (χ1v) is 6.44. The highest BCUT2D eigenvalue weighted by Gasteiger charge is 2.34. The standard InChI is InChI=1S/C13H22FNO4/c1-13(2,3)19-12(17)15-7-5-9(6-8-15)10(14)11(16)18-4/h9-10H,5-8H2,1-4H3. The molecule has 0 aliphatic carbocycles. The maximum absolute atomic E-state index is 13.7. The van der Waals surface area contributed by atoms with E-state index in [4.69, 9.17) is 4.74 Å². The lowest BCUT2D eigenvalue weighted by Gasteiger charge is -2.33. The van der Waals surface area contributed by atoms with Crippen molar-refractivity contribution < 1.29 is 23.5 Å². The molecule has 0 spiro atoms. The fourth-order valence-corrected chi connectivity index (χ4v) is 2.01. The Hall–Kier alpha value is -1.33. The third kappa shape index (κ3) is 4.69. The minimum Gasteiger partial charge on any atom is -0.467 e. The molecule has 1 aliphatic heterocycles. The minimum atomic E-state index is -1.61. The lowest BCUT2D eigenvalue weighted by atomic mass is 9.92. The third-order valence-electron chi connectivity index (χ3n) is 3.03. The number of alkyl halides is 1. The summed E-state index contributed by atoms with van der Waals surface area (Å²) in [7, 11) is 1.17. The third-order valence-corrected chi connectivity index (χ3v) is 3.03. The molecule has 1 rings (SSSR count). The lowest BCUT2D eigenvalue weighted by Crippen LogP contribution is -2.44. The van der Waals surface area contributed by atoms with Gasteiger partial charge in [0.25, 0.3) is 0 Å². The van der Waals surface area contributed by atoms with Crippen molar-refractivity contribution in [1.29, 1.82) is 0 Å². The van der Waals surface area contributed by atoms with Crippen LogP contribution in [0.2, 0.25) is 0 Å². The average Bonchev–Trinajstić information content (AvgIpc) is 2.35. The Kier molecular flexibility index (Phi) is 5.14. The number of halogens is 1. The van der Waals surface area contributed by atoms with E-state index in [1.165, 1.54) is 7.11 Å². The number of methoxy groups -OCH3 is 1. The second-order valence-electron chi connectivity index (χ2n) is 5.73. The Morgan fingerprint density at radius 1 is 1.26 bits per heavy atom. The molecule has 0 radical (unpaired) electrons.